The third-order valence-corrected chi connectivity index (χ3v) is 10.6. The molecule has 1 atom stereocenters. The minimum atomic E-state index is -4.58. The molecular weight excluding hydrogens is 609 g/mol. The molecule has 0 unspecified atom stereocenters. The lowest BCUT2D eigenvalue weighted by Gasteiger charge is -2.42. The molecule has 3 fully saturated rings. The normalized spacial score (nSPS) is 22.3. The van der Waals surface area contributed by atoms with Gasteiger partial charge in [0.25, 0.3) is 5.91 Å². The Bertz CT molecular complexity index is 1630. The molecule has 9 nitrogen and oxygen atoms in total. The first-order chi connectivity index (χ1) is 22.6. The van der Waals surface area contributed by atoms with E-state index in [1.807, 2.05) is 29.8 Å². The Labute approximate surface area is 272 Å². The number of nitrogens with zero attached hydrogens (tertiary/aromatic N) is 6. The predicted molar refractivity (Wildman–Crippen MR) is 169 cm³/mol. The number of piperidine rings is 2. The predicted octanol–water partition coefficient (Wildman–Crippen LogP) is 4.63. The number of hydrogen-bond donors (Lipinski definition) is 0. The molecule has 3 aromatic rings. The second-order valence-electron chi connectivity index (χ2n) is 13.9. The lowest BCUT2D eigenvalue weighted by Crippen LogP contribution is -2.49. The van der Waals surface area contributed by atoms with E-state index < -0.39 is 17.6 Å². The summed E-state index contributed by atoms with van der Waals surface area (Å²) in [6.45, 7) is 5.59. The molecule has 12 heteroatoms. The smallest absolute Gasteiger partial charge is 0.379 e. The van der Waals surface area contributed by atoms with Crippen molar-refractivity contribution in [1.29, 1.82) is 0 Å². The Hall–Kier alpha value is -3.61. The van der Waals surface area contributed by atoms with E-state index >= 15 is 0 Å². The summed E-state index contributed by atoms with van der Waals surface area (Å²) in [5.41, 5.74) is 1.13. The molecule has 0 N–H and O–H groups in total. The zero-order valence-electron chi connectivity index (χ0n) is 26.7. The number of halogens is 3. The molecule has 5 heterocycles. The van der Waals surface area contributed by atoms with E-state index in [0.29, 0.717) is 43.3 Å². The number of benzene rings is 2. The fourth-order valence-electron chi connectivity index (χ4n) is 7.85. The summed E-state index contributed by atoms with van der Waals surface area (Å²) in [6, 6.07) is 10.5. The molecule has 3 saturated heterocycles. The summed E-state index contributed by atoms with van der Waals surface area (Å²) >= 11 is 0. The third kappa shape index (κ3) is 6.47. The molecule has 4 aliphatic heterocycles. The number of carbonyl (C=O) groups excluding carboxylic acids is 2. The number of alkyl halides is 3. The third-order valence-electron chi connectivity index (χ3n) is 10.6. The molecular formula is C35H41F3N6O3. The first kappa shape index (κ1) is 32.0. The van der Waals surface area contributed by atoms with Crippen LogP contribution in [0.3, 0.4) is 0 Å². The van der Waals surface area contributed by atoms with Crippen molar-refractivity contribution in [2.75, 3.05) is 50.8 Å². The molecule has 47 heavy (non-hydrogen) atoms. The van der Waals surface area contributed by atoms with Crippen LogP contribution < -0.4 is 4.90 Å². The van der Waals surface area contributed by atoms with Gasteiger partial charge in [-0.3, -0.25) is 9.69 Å². The van der Waals surface area contributed by atoms with Crippen LogP contribution in [0.4, 0.5) is 18.9 Å². The van der Waals surface area contributed by atoms with Crippen LogP contribution >= 0.6 is 0 Å². The lowest BCUT2D eigenvalue weighted by atomic mass is 9.75. The highest BCUT2D eigenvalue weighted by atomic mass is 19.4. The van der Waals surface area contributed by atoms with Crippen molar-refractivity contribution in [2.24, 2.45) is 18.9 Å². The van der Waals surface area contributed by atoms with Crippen LogP contribution in [-0.4, -0.2) is 82.7 Å². The summed E-state index contributed by atoms with van der Waals surface area (Å²) in [6.07, 6.45) is 2.58. The first-order valence-corrected chi connectivity index (χ1v) is 16.6. The molecule has 0 aliphatic carbocycles. The SMILES string of the molecule is Cn1cnnc1CC1(c2cccc(N3Cc4c(cc(CN5CCC[C@H](CN6CCC(C=O)CC6)C5)cc4C(F)(F)F)C3=O)c2)COC1. The van der Waals surface area contributed by atoms with Gasteiger partial charge in [0.05, 0.1) is 25.3 Å². The number of fused-ring (bicyclic) bond motifs is 1. The van der Waals surface area contributed by atoms with Crippen LogP contribution in [0.2, 0.25) is 0 Å². The second kappa shape index (κ2) is 12.8. The van der Waals surface area contributed by atoms with Gasteiger partial charge in [-0.2, -0.15) is 13.2 Å². The summed E-state index contributed by atoms with van der Waals surface area (Å²) < 4.78 is 51.1. The molecule has 7 rings (SSSR count). The van der Waals surface area contributed by atoms with Gasteiger partial charge in [-0.15, -0.1) is 10.2 Å². The molecule has 250 valence electrons. The number of amides is 1. The number of ether oxygens (including phenoxy) is 1. The van der Waals surface area contributed by atoms with Crippen LogP contribution in [0.5, 0.6) is 0 Å². The number of aryl methyl sites for hydroxylation is 1. The number of likely N-dealkylation sites (tertiary alicyclic amines) is 2. The Morgan fingerprint density at radius 2 is 1.87 bits per heavy atom. The van der Waals surface area contributed by atoms with Gasteiger partial charge in [-0.25, -0.2) is 0 Å². The molecule has 0 saturated carbocycles. The molecule has 1 amide bonds. The van der Waals surface area contributed by atoms with Crippen molar-refractivity contribution in [3.8, 4) is 0 Å². The zero-order chi connectivity index (χ0) is 32.8. The van der Waals surface area contributed by atoms with Gasteiger partial charge >= 0.3 is 6.18 Å². The standard InChI is InChI=1S/C35H41F3N6O3/c1-41-23-39-40-32(41)15-34(21-47-22-34)27-5-2-6-28(14-27)44-19-30-29(33(44)46)12-26(13-31(30)35(36,37)38)18-43-9-3-4-25(17-43)16-42-10-7-24(20-45)8-11-42/h2,5-6,12-14,20,23-25H,3-4,7-11,15-19,21-22H2,1H3/t25-/m1/s1. The fourth-order valence-corrected chi connectivity index (χ4v) is 7.85. The summed E-state index contributed by atoms with van der Waals surface area (Å²) in [5, 5.41) is 8.22. The number of carbonyl (C=O) groups is 2. The lowest BCUT2D eigenvalue weighted by molar-refractivity contribution is -0.138. The molecule has 0 bridgehead atoms. The Balaban J connectivity index is 1.09. The number of aromatic nitrogens is 3. The van der Waals surface area contributed by atoms with Gasteiger partial charge in [-0.05, 0) is 92.2 Å². The maximum absolute atomic E-state index is 14.5. The molecule has 0 radical (unpaired) electrons. The second-order valence-corrected chi connectivity index (χ2v) is 13.9. The molecule has 1 aromatic heterocycles. The van der Waals surface area contributed by atoms with Crippen LogP contribution in [0.1, 0.15) is 64.1 Å². The number of aldehydes is 1. The summed E-state index contributed by atoms with van der Waals surface area (Å²) in [4.78, 5) is 31.1. The van der Waals surface area contributed by atoms with Crippen molar-refractivity contribution < 1.29 is 27.5 Å². The number of hydrogen-bond acceptors (Lipinski definition) is 7. The summed E-state index contributed by atoms with van der Waals surface area (Å²) in [7, 11) is 1.89. The quantitative estimate of drug-likeness (QED) is 0.313. The van der Waals surface area contributed by atoms with Crippen molar-refractivity contribution in [2.45, 2.75) is 56.8 Å². The molecule has 2 aromatic carbocycles. The first-order valence-electron chi connectivity index (χ1n) is 16.6. The van der Waals surface area contributed by atoms with Crippen molar-refractivity contribution in [3.63, 3.8) is 0 Å². The van der Waals surface area contributed by atoms with Crippen molar-refractivity contribution >= 4 is 17.9 Å². The Morgan fingerprint density at radius 3 is 2.55 bits per heavy atom. The minimum Gasteiger partial charge on any atom is -0.379 e. The Morgan fingerprint density at radius 1 is 1.06 bits per heavy atom. The topological polar surface area (TPSA) is 83.8 Å². The average Bonchev–Trinajstić information content (AvgIpc) is 3.60. The van der Waals surface area contributed by atoms with E-state index in [2.05, 4.69) is 20.0 Å². The van der Waals surface area contributed by atoms with Gasteiger partial charge in [0.2, 0.25) is 0 Å². The maximum atomic E-state index is 14.5. The van der Waals surface area contributed by atoms with Crippen LogP contribution in [0.25, 0.3) is 0 Å². The zero-order valence-corrected chi connectivity index (χ0v) is 26.7. The van der Waals surface area contributed by atoms with E-state index in [1.54, 1.807) is 18.5 Å². The van der Waals surface area contributed by atoms with Gasteiger partial charge in [0, 0.05) is 55.7 Å². The number of rotatable bonds is 9. The van der Waals surface area contributed by atoms with E-state index in [0.717, 1.165) is 76.1 Å². The van der Waals surface area contributed by atoms with Crippen molar-refractivity contribution in [1.82, 2.24) is 24.6 Å². The average molecular weight is 651 g/mol. The van der Waals surface area contributed by atoms with E-state index in [9.17, 15) is 22.8 Å². The summed E-state index contributed by atoms with van der Waals surface area (Å²) in [5.74, 6) is 0.982. The van der Waals surface area contributed by atoms with E-state index in [-0.39, 0.29) is 29.0 Å². The van der Waals surface area contributed by atoms with Gasteiger partial charge < -0.3 is 23.9 Å². The highest BCUT2D eigenvalue weighted by molar-refractivity contribution is 6.10. The van der Waals surface area contributed by atoms with Crippen LogP contribution in [0.15, 0.2) is 42.7 Å². The highest BCUT2D eigenvalue weighted by Crippen LogP contribution is 2.42. The monoisotopic (exact) mass is 650 g/mol. The van der Waals surface area contributed by atoms with Gasteiger partial charge in [0.15, 0.2) is 0 Å². The van der Waals surface area contributed by atoms with Gasteiger partial charge in [0.1, 0.15) is 18.4 Å². The van der Waals surface area contributed by atoms with E-state index in [1.165, 1.54) is 11.0 Å². The molecule has 0 spiro atoms. The number of anilines is 1. The van der Waals surface area contributed by atoms with Crippen LogP contribution in [-0.2, 0) is 47.7 Å². The molecule has 4 aliphatic rings. The largest absolute Gasteiger partial charge is 0.416 e. The highest BCUT2D eigenvalue weighted by Gasteiger charge is 2.44. The maximum Gasteiger partial charge on any atom is 0.416 e. The minimum absolute atomic E-state index is 0.0349. The van der Waals surface area contributed by atoms with Crippen molar-refractivity contribution in [3.05, 3.63) is 76.4 Å². The van der Waals surface area contributed by atoms with E-state index in [4.69, 9.17) is 4.74 Å². The van der Waals surface area contributed by atoms with Crippen LogP contribution in [0, 0.1) is 11.8 Å². The van der Waals surface area contributed by atoms with Gasteiger partial charge in [-0.1, -0.05) is 12.1 Å². The Kier molecular flexibility index (Phi) is 8.69. The fraction of sp³-hybridized carbons (Fsp3) is 0.543.